The van der Waals surface area contributed by atoms with Gasteiger partial charge < -0.3 is 14.4 Å². The van der Waals surface area contributed by atoms with E-state index in [1.165, 1.54) is 77.0 Å². The molecule has 0 aromatic heterocycles. The van der Waals surface area contributed by atoms with Crippen LogP contribution in [0, 0.1) is 5.92 Å². The van der Waals surface area contributed by atoms with Crippen LogP contribution in [-0.4, -0.2) is 50.2 Å². The maximum Gasteiger partial charge on any atom is 0.309 e. The van der Waals surface area contributed by atoms with Crippen LogP contribution in [0.1, 0.15) is 149 Å². The Balaban J connectivity index is 4.29. The highest BCUT2D eigenvalue weighted by Crippen LogP contribution is 2.21. The lowest BCUT2D eigenvalue weighted by Gasteiger charge is -2.18. The summed E-state index contributed by atoms with van der Waals surface area (Å²) in [7, 11) is 4.12. The third kappa shape index (κ3) is 23.3. The number of esters is 2. The smallest absolute Gasteiger partial charge is 0.309 e. The molecule has 0 bridgehead atoms. The standard InChI is InChI=1S/C31H61NO4/c1-6-8-10-12-14-16-19-23-29(24-20-17-15-13-11-9-7-2)31(34)35-27-28(3)36-30(33)25-21-18-22-26-32(4)5/h28-29H,6-27H2,1-5H3. The highest BCUT2D eigenvalue weighted by molar-refractivity contribution is 5.72. The van der Waals surface area contributed by atoms with E-state index < -0.39 is 0 Å². The molecule has 0 aromatic carbocycles. The summed E-state index contributed by atoms with van der Waals surface area (Å²) in [5.74, 6) is -0.305. The zero-order valence-corrected chi connectivity index (χ0v) is 24.8. The van der Waals surface area contributed by atoms with Gasteiger partial charge in [0.05, 0.1) is 5.92 Å². The van der Waals surface area contributed by atoms with Gasteiger partial charge in [0.15, 0.2) is 0 Å². The summed E-state index contributed by atoms with van der Waals surface area (Å²) in [5, 5.41) is 0. The predicted octanol–water partition coefficient (Wildman–Crippen LogP) is 8.48. The third-order valence-electron chi connectivity index (χ3n) is 6.92. The number of nitrogens with zero attached hydrogens (tertiary/aromatic N) is 1. The summed E-state index contributed by atoms with van der Waals surface area (Å²) in [4.78, 5) is 27.1. The summed E-state index contributed by atoms with van der Waals surface area (Å²) in [5.41, 5.74) is 0. The molecule has 0 radical (unpaired) electrons. The van der Waals surface area contributed by atoms with E-state index in [1.54, 1.807) is 0 Å². The van der Waals surface area contributed by atoms with Crippen molar-refractivity contribution < 1.29 is 19.1 Å². The highest BCUT2D eigenvalue weighted by Gasteiger charge is 2.21. The van der Waals surface area contributed by atoms with Crippen molar-refractivity contribution in [3.8, 4) is 0 Å². The van der Waals surface area contributed by atoms with E-state index in [9.17, 15) is 9.59 Å². The van der Waals surface area contributed by atoms with Gasteiger partial charge in [-0.05, 0) is 53.2 Å². The minimum atomic E-state index is -0.388. The molecule has 0 saturated carbocycles. The van der Waals surface area contributed by atoms with E-state index >= 15 is 0 Å². The van der Waals surface area contributed by atoms with Gasteiger partial charge in [-0.25, -0.2) is 0 Å². The molecule has 0 aliphatic rings. The minimum absolute atomic E-state index is 0.0177. The lowest BCUT2D eigenvalue weighted by Crippen LogP contribution is -2.25. The highest BCUT2D eigenvalue weighted by atomic mass is 16.6. The molecule has 0 saturated heterocycles. The number of hydrogen-bond donors (Lipinski definition) is 0. The normalized spacial score (nSPS) is 12.3. The number of ether oxygens (including phenoxy) is 2. The lowest BCUT2D eigenvalue weighted by molar-refractivity contribution is -0.160. The number of carbonyl (C=O) groups excluding carboxylic acids is 2. The zero-order valence-electron chi connectivity index (χ0n) is 24.8. The van der Waals surface area contributed by atoms with Gasteiger partial charge in [0.25, 0.3) is 0 Å². The van der Waals surface area contributed by atoms with Crippen LogP contribution >= 0.6 is 0 Å². The average Bonchev–Trinajstić information content (AvgIpc) is 2.84. The van der Waals surface area contributed by atoms with Crippen molar-refractivity contribution in [2.24, 2.45) is 5.92 Å². The minimum Gasteiger partial charge on any atom is -0.462 e. The summed E-state index contributed by atoms with van der Waals surface area (Å²) in [6.07, 6.45) is 22.4. The lowest BCUT2D eigenvalue weighted by atomic mass is 9.94. The number of rotatable bonds is 26. The average molecular weight is 512 g/mol. The fourth-order valence-electron chi connectivity index (χ4n) is 4.58. The largest absolute Gasteiger partial charge is 0.462 e. The third-order valence-corrected chi connectivity index (χ3v) is 6.92. The molecule has 0 rings (SSSR count). The van der Waals surface area contributed by atoms with Gasteiger partial charge in [-0.15, -0.1) is 0 Å². The molecular weight excluding hydrogens is 450 g/mol. The fraction of sp³-hybridized carbons (Fsp3) is 0.935. The van der Waals surface area contributed by atoms with Gasteiger partial charge in [0, 0.05) is 6.42 Å². The number of unbranched alkanes of at least 4 members (excludes halogenated alkanes) is 14. The molecule has 5 nitrogen and oxygen atoms in total. The summed E-state index contributed by atoms with van der Waals surface area (Å²) >= 11 is 0. The second-order valence-electron chi connectivity index (χ2n) is 11.1. The van der Waals surface area contributed by atoms with E-state index in [1.807, 2.05) is 6.92 Å². The quantitative estimate of drug-likeness (QED) is 0.0860. The Morgan fingerprint density at radius 2 is 1.14 bits per heavy atom. The Labute approximate surface area is 224 Å². The van der Waals surface area contributed by atoms with Crippen LogP contribution in [0.4, 0.5) is 0 Å². The molecule has 0 aliphatic heterocycles. The molecule has 0 amide bonds. The van der Waals surface area contributed by atoms with E-state index in [0.29, 0.717) is 6.42 Å². The van der Waals surface area contributed by atoms with E-state index in [2.05, 4.69) is 32.8 Å². The Kier molecular flexibility index (Phi) is 24.8. The maximum absolute atomic E-state index is 12.9. The van der Waals surface area contributed by atoms with E-state index in [-0.39, 0.29) is 30.6 Å². The summed E-state index contributed by atoms with van der Waals surface area (Å²) < 4.78 is 11.1. The molecule has 0 spiro atoms. The maximum atomic E-state index is 12.9. The zero-order chi connectivity index (χ0) is 26.9. The van der Waals surface area contributed by atoms with Gasteiger partial charge in [0.2, 0.25) is 0 Å². The molecule has 0 aromatic rings. The first-order valence-electron chi connectivity index (χ1n) is 15.4. The van der Waals surface area contributed by atoms with Crippen LogP contribution in [0.5, 0.6) is 0 Å². The summed E-state index contributed by atoms with van der Waals surface area (Å²) in [6.45, 7) is 7.51. The van der Waals surface area contributed by atoms with Crippen molar-refractivity contribution in [1.29, 1.82) is 0 Å². The van der Waals surface area contributed by atoms with Crippen molar-refractivity contribution in [2.45, 2.75) is 155 Å². The van der Waals surface area contributed by atoms with Crippen molar-refractivity contribution in [3.05, 3.63) is 0 Å². The molecule has 0 fully saturated rings. The monoisotopic (exact) mass is 511 g/mol. The van der Waals surface area contributed by atoms with Gasteiger partial charge >= 0.3 is 11.9 Å². The first-order chi connectivity index (χ1) is 17.4. The van der Waals surface area contributed by atoms with Crippen molar-refractivity contribution in [2.75, 3.05) is 27.2 Å². The Morgan fingerprint density at radius 3 is 1.64 bits per heavy atom. The Bertz CT molecular complexity index is 491. The first-order valence-corrected chi connectivity index (χ1v) is 15.4. The summed E-state index contributed by atoms with van der Waals surface area (Å²) in [6, 6.07) is 0. The van der Waals surface area contributed by atoms with Crippen molar-refractivity contribution >= 4 is 11.9 Å². The van der Waals surface area contributed by atoms with Crippen LogP contribution in [0.2, 0.25) is 0 Å². The van der Waals surface area contributed by atoms with Crippen molar-refractivity contribution in [3.63, 3.8) is 0 Å². The van der Waals surface area contributed by atoms with Gasteiger partial charge in [-0.3, -0.25) is 9.59 Å². The Morgan fingerprint density at radius 1 is 0.667 bits per heavy atom. The first kappa shape index (κ1) is 34.9. The number of carbonyl (C=O) groups is 2. The molecule has 1 unspecified atom stereocenters. The second-order valence-corrected chi connectivity index (χ2v) is 11.1. The SMILES string of the molecule is CCCCCCCCCC(CCCCCCCCC)C(=O)OCC(C)OC(=O)CCCCCN(C)C. The molecule has 0 heterocycles. The van der Waals surface area contributed by atoms with Gasteiger partial charge in [-0.2, -0.15) is 0 Å². The van der Waals surface area contributed by atoms with Crippen LogP contribution < -0.4 is 0 Å². The number of hydrogen-bond acceptors (Lipinski definition) is 5. The molecule has 36 heavy (non-hydrogen) atoms. The Hall–Kier alpha value is -1.10. The molecule has 0 aliphatic carbocycles. The van der Waals surface area contributed by atoms with Crippen molar-refractivity contribution in [1.82, 2.24) is 4.90 Å². The molecule has 214 valence electrons. The topological polar surface area (TPSA) is 55.8 Å². The molecule has 1 atom stereocenters. The fourth-order valence-corrected chi connectivity index (χ4v) is 4.58. The van der Waals surface area contributed by atoms with E-state index in [4.69, 9.17) is 9.47 Å². The van der Waals surface area contributed by atoms with Gasteiger partial charge in [0.1, 0.15) is 12.7 Å². The predicted molar refractivity (Wildman–Crippen MR) is 152 cm³/mol. The van der Waals surface area contributed by atoms with Gasteiger partial charge in [-0.1, -0.05) is 110 Å². The van der Waals surface area contributed by atoms with Crippen LogP contribution in [-0.2, 0) is 19.1 Å². The van der Waals surface area contributed by atoms with Crippen LogP contribution in [0.15, 0.2) is 0 Å². The molecular formula is C31H61NO4. The van der Waals surface area contributed by atoms with Crippen LogP contribution in [0.3, 0.4) is 0 Å². The van der Waals surface area contributed by atoms with Crippen LogP contribution in [0.25, 0.3) is 0 Å². The molecule has 5 heteroatoms. The van der Waals surface area contributed by atoms with E-state index in [0.717, 1.165) is 51.5 Å². The second kappa shape index (κ2) is 25.5. The molecule has 0 N–H and O–H groups in total.